The minimum absolute atomic E-state index is 0.0568. The van der Waals surface area contributed by atoms with Crippen molar-refractivity contribution in [3.05, 3.63) is 30.6 Å². The number of hydrogen-bond acceptors (Lipinski definition) is 4. The zero-order valence-corrected chi connectivity index (χ0v) is 16.6. The van der Waals surface area contributed by atoms with Gasteiger partial charge in [-0.25, -0.2) is 9.59 Å². The maximum absolute atomic E-state index is 11.7. The molecule has 3 heterocycles. The second kappa shape index (κ2) is 7.69. The van der Waals surface area contributed by atoms with Crippen molar-refractivity contribution in [2.75, 3.05) is 29.4 Å². The molecular weight excluding hydrogens is 390 g/mol. The van der Waals surface area contributed by atoms with Gasteiger partial charge in [-0.3, -0.25) is 19.3 Å². The summed E-state index contributed by atoms with van der Waals surface area (Å²) in [5, 5.41) is 23.5. The molecule has 0 saturated carbocycles. The highest BCUT2D eigenvalue weighted by atomic mass is 16.4. The van der Waals surface area contributed by atoms with E-state index in [-0.39, 0.29) is 12.5 Å². The summed E-state index contributed by atoms with van der Waals surface area (Å²) >= 11 is 0. The molecule has 3 amide bonds. The molecule has 0 radical (unpaired) electrons. The molecule has 2 N–H and O–H groups in total. The Balaban J connectivity index is 1.59. The van der Waals surface area contributed by atoms with E-state index in [9.17, 15) is 24.6 Å². The van der Waals surface area contributed by atoms with Crippen LogP contribution in [-0.2, 0) is 11.3 Å². The van der Waals surface area contributed by atoms with Crippen LogP contribution in [0, 0.1) is 0 Å². The van der Waals surface area contributed by atoms with Crippen LogP contribution in [0.15, 0.2) is 30.6 Å². The lowest BCUT2D eigenvalue weighted by Gasteiger charge is -2.38. The molecule has 4 rings (SSSR count). The van der Waals surface area contributed by atoms with Gasteiger partial charge in [0.25, 0.3) is 0 Å². The number of nitrogens with zero attached hydrogens (tertiary/aromatic N) is 5. The Morgan fingerprint density at radius 2 is 1.93 bits per heavy atom. The average molecular weight is 413 g/mol. The van der Waals surface area contributed by atoms with Crippen LogP contribution in [0.25, 0.3) is 11.1 Å². The molecule has 0 unspecified atom stereocenters. The number of amides is 3. The van der Waals surface area contributed by atoms with E-state index in [2.05, 4.69) is 5.10 Å². The number of anilines is 2. The average Bonchev–Trinajstić information content (AvgIpc) is 3.33. The molecule has 30 heavy (non-hydrogen) atoms. The van der Waals surface area contributed by atoms with Gasteiger partial charge in [-0.05, 0) is 31.0 Å². The number of benzene rings is 1. The maximum atomic E-state index is 11.7. The van der Waals surface area contributed by atoms with Crippen LogP contribution >= 0.6 is 0 Å². The van der Waals surface area contributed by atoms with Crippen molar-refractivity contribution in [1.82, 2.24) is 14.7 Å². The summed E-state index contributed by atoms with van der Waals surface area (Å²) in [6.45, 7) is 3.68. The van der Waals surface area contributed by atoms with Crippen LogP contribution in [0.4, 0.5) is 21.0 Å². The minimum Gasteiger partial charge on any atom is -0.465 e. The first kappa shape index (κ1) is 19.7. The molecular formula is C20H23N5O5. The standard InChI is InChI=1S/C20H23N5O5/c1-13-11-24(19(27)28)17-9-14(4-5-16(17)25(13)20(29)30)15-10-21-23(12-15)8-7-22-6-2-3-18(22)26/h4-5,9-10,12-13H,2-3,6-8,11H2,1H3,(H,27,28)(H,29,30)/t13-/m0/s1. The van der Waals surface area contributed by atoms with Crippen LogP contribution < -0.4 is 9.80 Å². The first-order valence-electron chi connectivity index (χ1n) is 9.82. The van der Waals surface area contributed by atoms with Crippen LogP contribution in [0.2, 0.25) is 0 Å². The number of fused-ring (bicyclic) bond motifs is 1. The van der Waals surface area contributed by atoms with E-state index in [1.54, 1.807) is 36.0 Å². The van der Waals surface area contributed by atoms with Crippen LogP contribution in [0.5, 0.6) is 0 Å². The van der Waals surface area contributed by atoms with Gasteiger partial charge in [0.2, 0.25) is 5.91 Å². The Kier molecular flexibility index (Phi) is 5.06. The molecule has 0 bridgehead atoms. The van der Waals surface area contributed by atoms with Gasteiger partial charge >= 0.3 is 12.2 Å². The number of hydrogen-bond donors (Lipinski definition) is 2. The Bertz CT molecular complexity index is 1000. The van der Waals surface area contributed by atoms with E-state index >= 15 is 0 Å². The third kappa shape index (κ3) is 3.56. The van der Waals surface area contributed by atoms with Crippen LogP contribution in [-0.4, -0.2) is 68.7 Å². The van der Waals surface area contributed by atoms with E-state index in [0.29, 0.717) is 30.9 Å². The van der Waals surface area contributed by atoms with E-state index in [0.717, 1.165) is 24.1 Å². The molecule has 2 aromatic rings. The summed E-state index contributed by atoms with van der Waals surface area (Å²) in [4.78, 5) is 39.4. The number of carbonyl (C=O) groups is 3. The monoisotopic (exact) mass is 413 g/mol. The fourth-order valence-corrected chi connectivity index (χ4v) is 4.08. The van der Waals surface area contributed by atoms with Crippen molar-refractivity contribution in [3.63, 3.8) is 0 Å². The lowest BCUT2D eigenvalue weighted by atomic mass is 10.0. The van der Waals surface area contributed by atoms with E-state index < -0.39 is 18.2 Å². The molecule has 10 heteroatoms. The van der Waals surface area contributed by atoms with Gasteiger partial charge in [-0.1, -0.05) is 6.07 Å². The van der Waals surface area contributed by atoms with E-state index in [1.165, 1.54) is 9.80 Å². The lowest BCUT2D eigenvalue weighted by molar-refractivity contribution is -0.127. The first-order chi connectivity index (χ1) is 14.3. The van der Waals surface area contributed by atoms with Gasteiger partial charge in [-0.15, -0.1) is 0 Å². The Morgan fingerprint density at radius 1 is 1.13 bits per heavy atom. The zero-order valence-electron chi connectivity index (χ0n) is 16.6. The van der Waals surface area contributed by atoms with Crippen molar-refractivity contribution in [2.24, 2.45) is 0 Å². The number of aromatic nitrogens is 2. The summed E-state index contributed by atoms with van der Waals surface area (Å²) in [5.41, 5.74) is 2.20. The third-order valence-corrected chi connectivity index (χ3v) is 5.59. The molecule has 0 aliphatic carbocycles. The summed E-state index contributed by atoms with van der Waals surface area (Å²) in [5.74, 6) is 0.169. The summed E-state index contributed by atoms with van der Waals surface area (Å²) in [6, 6.07) is 4.58. The van der Waals surface area contributed by atoms with Gasteiger partial charge in [0.1, 0.15) is 0 Å². The summed E-state index contributed by atoms with van der Waals surface area (Å²) < 4.78 is 1.75. The molecule has 1 saturated heterocycles. The predicted octanol–water partition coefficient (Wildman–Crippen LogP) is 2.54. The van der Waals surface area contributed by atoms with Crippen molar-refractivity contribution in [3.8, 4) is 11.1 Å². The second-order valence-corrected chi connectivity index (χ2v) is 7.57. The molecule has 1 aromatic carbocycles. The maximum Gasteiger partial charge on any atom is 0.412 e. The van der Waals surface area contributed by atoms with Gasteiger partial charge in [0.05, 0.1) is 36.7 Å². The summed E-state index contributed by atoms with van der Waals surface area (Å²) in [7, 11) is 0. The Hall–Kier alpha value is -3.56. The van der Waals surface area contributed by atoms with Crippen LogP contribution in [0.1, 0.15) is 19.8 Å². The highest BCUT2D eigenvalue weighted by Crippen LogP contribution is 2.38. The van der Waals surface area contributed by atoms with Gasteiger partial charge in [-0.2, -0.15) is 5.10 Å². The van der Waals surface area contributed by atoms with Crippen molar-refractivity contribution in [2.45, 2.75) is 32.4 Å². The largest absolute Gasteiger partial charge is 0.465 e. The highest BCUT2D eigenvalue weighted by Gasteiger charge is 2.35. The topological polar surface area (TPSA) is 119 Å². The number of rotatable bonds is 4. The van der Waals surface area contributed by atoms with Gasteiger partial charge in [0.15, 0.2) is 0 Å². The summed E-state index contributed by atoms with van der Waals surface area (Å²) in [6.07, 6.45) is 2.77. The number of carboxylic acid groups (broad SMARTS) is 2. The first-order valence-corrected chi connectivity index (χ1v) is 9.82. The Labute approximate surface area is 172 Å². The highest BCUT2D eigenvalue weighted by molar-refractivity contribution is 6.00. The molecule has 1 aromatic heterocycles. The second-order valence-electron chi connectivity index (χ2n) is 7.57. The smallest absolute Gasteiger partial charge is 0.412 e. The predicted molar refractivity (Wildman–Crippen MR) is 109 cm³/mol. The fraction of sp³-hybridized carbons (Fsp3) is 0.400. The van der Waals surface area contributed by atoms with E-state index in [4.69, 9.17) is 0 Å². The lowest BCUT2D eigenvalue weighted by Crippen LogP contribution is -2.51. The molecule has 1 atom stereocenters. The third-order valence-electron chi connectivity index (χ3n) is 5.59. The minimum atomic E-state index is -1.13. The van der Waals surface area contributed by atoms with Crippen molar-refractivity contribution >= 4 is 29.5 Å². The van der Waals surface area contributed by atoms with E-state index in [1.807, 2.05) is 11.1 Å². The van der Waals surface area contributed by atoms with Crippen molar-refractivity contribution < 1.29 is 24.6 Å². The number of carbonyl (C=O) groups excluding carboxylic acids is 1. The molecule has 2 aliphatic rings. The normalized spacial score (nSPS) is 18.6. The molecule has 10 nitrogen and oxygen atoms in total. The zero-order chi connectivity index (χ0) is 21.4. The van der Waals surface area contributed by atoms with Gasteiger partial charge in [0, 0.05) is 31.3 Å². The van der Waals surface area contributed by atoms with Crippen molar-refractivity contribution in [1.29, 1.82) is 0 Å². The fourth-order valence-electron chi connectivity index (χ4n) is 4.08. The molecule has 2 aliphatic heterocycles. The molecule has 0 spiro atoms. The quantitative estimate of drug-likeness (QED) is 0.795. The SMILES string of the molecule is C[C@H]1CN(C(=O)O)c2cc(-c3cnn(CCN4CCCC4=O)c3)ccc2N1C(=O)O. The molecule has 1 fully saturated rings. The van der Waals surface area contributed by atoms with Gasteiger partial charge < -0.3 is 15.1 Å². The Morgan fingerprint density at radius 3 is 2.60 bits per heavy atom. The van der Waals surface area contributed by atoms with Crippen LogP contribution in [0.3, 0.4) is 0 Å². The number of likely N-dealkylation sites (tertiary alicyclic amines) is 1. The molecule has 158 valence electrons.